The fourth-order valence-corrected chi connectivity index (χ4v) is 2.44. The molecule has 2 heteroatoms. The standard InChI is InChI=1S/C13H19NO/c1-9-7-8-14-13(9)11-5-4-6-12(15-3)10(11)2/h4-6,9,13-14H,7-8H2,1-3H3/t9-,13+/m1/s1. The van der Waals surface area contributed by atoms with Crippen LogP contribution in [0.2, 0.25) is 0 Å². The molecule has 15 heavy (non-hydrogen) atoms. The van der Waals surface area contributed by atoms with Crippen LogP contribution in [0.5, 0.6) is 5.75 Å². The lowest BCUT2D eigenvalue weighted by Crippen LogP contribution is -2.17. The second-order valence-corrected chi connectivity index (χ2v) is 4.37. The zero-order valence-electron chi connectivity index (χ0n) is 9.71. The molecule has 2 rings (SSSR count). The predicted molar refractivity (Wildman–Crippen MR) is 62.3 cm³/mol. The van der Waals surface area contributed by atoms with Gasteiger partial charge in [-0.05, 0) is 43.0 Å². The van der Waals surface area contributed by atoms with E-state index in [9.17, 15) is 0 Å². The lowest BCUT2D eigenvalue weighted by molar-refractivity contribution is 0.408. The minimum absolute atomic E-state index is 0.500. The van der Waals surface area contributed by atoms with Gasteiger partial charge in [-0.15, -0.1) is 0 Å². The monoisotopic (exact) mass is 205 g/mol. The molecule has 1 aliphatic heterocycles. The van der Waals surface area contributed by atoms with Gasteiger partial charge in [0.1, 0.15) is 5.75 Å². The van der Waals surface area contributed by atoms with Crippen molar-refractivity contribution in [1.29, 1.82) is 0 Å². The molecule has 1 saturated heterocycles. The number of benzene rings is 1. The molecule has 1 aromatic rings. The first-order valence-corrected chi connectivity index (χ1v) is 5.61. The fraction of sp³-hybridized carbons (Fsp3) is 0.538. The maximum absolute atomic E-state index is 5.35. The second-order valence-electron chi connectivity index (χ2n) is 4.37. The second kappa shape index (κ2) is 4.23. The molecule has 1 heterocycles. The Hall–Kier alpha value is -1.02. The van der Waals surface area contributed by atoms with Crippen LogP contribution in [0.1, 0.15) is 30.5 Å². The predicted octanol–water partition coefficient (Wildman–Crippen LogP) is 2.67. The lowest BCUT2D eigenvalue weighted by atomic mass is 9.92. The molecule has 0 saturated carbocycles. The van der Waals surface area contributed by atoms with E-state index in [2.05, 4.69) is 31.3 Å². The molecule has 0 aromatic heterocycles. The third-order valence-electron chi connectivity index (χ3n) is 3.41. The highest BCUT2D eigenvalue weighted by Gasteiger charge is 2.25. The van der Waals surface area contributed by atoms with Gasteiger partial charge < -0.3 is 10.1 Å². The number of rotatable bonds is 2. The third kappa shape index (κ3) is 1.86. The van der Waals surface area contributed by atoms with Gasteiger partial charge in [0.05, 0.1) is 7.11 Å². The van der Waals surface area contributed by atoms with Crippen LogP contribution >= 0.6 is 0 Å². The smallest absolute Gasteiger partial charge is 0.122 e. The molecule has 2 nitrogen and oxygen atoms in total. The van der Waals surface area contributed by atoms with E-state index in [1.807, 2.05) is 6.07 Å². The summed E-state index contributed by atoms with van der Waals surface area (Å²) < 4.78 is 5.35. The Kier molecular flexibility index (Phi) is 2.96. The molecule has 1 aliphatic rings. The maximum Gasteiger partial charge on any atom is 0.122 e. The molecular weight excluding hydrogens is 186 g/mol. The van der Waals surface area contributed by atoms with Crippen molar-refractivity contribution < 1.29 is 4.74 Å². The van der Waals surface area contributed by atoms with Gasteiger partial charge in [0.15, 0.2) is 0 Å². The van der Waals surface area contributed by atoms with E-state index in [4.69, 9.17) is 4.74 Å². The van der Waals surface area contributed by atoms with Crippen molar-refractivity contribution in [2.45, 2.75) is 26.3 Å². The Morgan fingerprint density at radius 3 is 2.80 bits per heavy atom. The summed E-state index contributed by atoms with van der Waals surface area (Å²) >= 11 is 0. The van der Waals surface area contributed by atoms with Crippen LogP contribution in [0.15, 0.2) is 18.2 Å². The molecular formula is C13H19NO. The molecule has 1 aromatic carbocycles. The summed E-state index contributed by atoms with van der Waals surface area (Å²) in [5.74, 6) is 1.71. The first-order valence-electron chi connectivity index (χ1n) is 5.61. The summed E-state index contributed by atoms with van der Waals surface area (Å²) in [6, 6.07) is 6.81. The van der Waals surface area contributed by atoms with Gasteiger partial charge in [0.2, 0.25) is 0 Å². The van der Waals surface area contributed by atoms with Crippen molar-refractivity contribution in [3.05, 3.63) is 29.3 Å². The number of ether oxygens (including phenoxy) is 1. The van der Waals surface area contributed by atoms with Crippen LogP contribution in [0.4, 0.5) is 0 Å². The Balaban J connectivity index is 2.35. The van der Waals surface area contributed by atoms with E-state index >= 15 is 0 Å². The van der Waals surface area contributed by atoms with Crippen molar-refractivity contribution in [3.8, 4) is 5.75 Å². The van der Waals surface area contributed by atoms with Gasteiger partial charge in [-0.1, -0.05) is 19.1 Å². The summed E-state index contributed by atoms with van der Waals surface area (Å²) in [5.41, 5.74) is 2.66. The summed E-state index contributed by atoms with van der Waals surface area (Å²) in [4.78, 5) is 0. The van der Waals surface area contributed by atoms with E-state index in [1.54, 1.807) is 7.11 Å². The van der Waals surface area contributed by atoms with E-state index in [0.29, 0.717) is 6.04 Å². The molecule has 0 spiro atoms. The zero-order chi connectivity index (χ0) is 10.8. The van der Waals surface area contributed by atoms with E-state index in [-0.39, 0.29) is 0 Å². The van der Waals surface area contributed by atoms with Crippen LogP contribution in [-0.2, 0) is 0 Å². The van der Waals surface area contributed by atoms with Gasteiger partial charge in [-0.25, -0.2) is 0 Å². The Morgan fingerprint density at radius 1 is 1.40 bits per heavy atom. The van der Waals surface area contributed by atoms with Gasteiger partial charge in [-0.3, -0.25) is 0 Å². The maximum atomic E-state index is 5.35. The molecule has 2 atom stereocenters. The quantitative estimate of drug-likeness (QED) is 0.801. The zero-order valence-corrected chi connectivity index (χ0v) is 9.71. The van der Waals surface area contributed by atoms with Crippen LogP contribution < -0.4 is 10.1 Å². The molecule has 0 unspecified atom stereocenters. The Labute approximate surface area is 91.6 Å². The van der Waals surface area contributed by atoms with Crippen molar-refractivity contribution in [2.24, 2.45) is 5.92 Å². The van der Waals surface area contributed by atoms with Gasteiger partial charge in [-0.2, -0.15) is 0 Å². The van der Waals surface area contributed by atoms with Crippen molar-refractivity contribution >= 4 is 0 Å². The molecule has 82 valence electrons. The van der Waals surface area contributed by atoms with Crippen LogP contribution in [0, 0.1) is 12.8 Å². The minimum Gasteiger partial charge on any atom is -0.496 e. The first kappa shape index (κ1) is 10.5. The number of methoxy groups -OCH3 is 1. The molecule has 1 N–H and O–H groups in total. The van der Waals surface area contributed by atoms with Crippen LogP contribution in [0.25, 0.3) is 0 Å². The summed E-state index contributed by atoms with van der Waals surface area (Å²) in [7, 11) is 1.73. The molecule has 0 amide bonds. The van der Waals surface area contributed by atoms with Crippen LogP contribution in [-0.4, -0.2) is 13.7 Å². The Morgan fingerprint density at radius 2 is 2.20 bits per heavy atom. The summed E-state index contributed by atoms with van der Waals surface area (Å²) in [5, 5.41) is 3.56. The third-order valence-corrected chi connectivity index (χ3v) is 3.41. The molecule has 0 bridgehead atoms. The summed E-state index contributed by atoms with van der Waals surface area (Å²) in [6.07, 6.45) is 1.27. The van der Waals surface area contributed by atoms with Crippen molar-refractivity contribution in [1.82, 2.24) is 5.32 Å². The average molecular weight is 205 g/mol. The molecule has 1 fully saturated rings. The van der Waals surface area contributed by atoms with Gasteiger partial charge >= 0.3 is 0 Å². The number of nitrogens with one attached hydrogen (secondary N) is 1. The largest absolute Gasteiger partial charge is 0.496 e. The number of hydrogen-bond donors (Lipinski definition) is 1. The number of hydrogen-bond acceptors (Lipinski definition) is 2. The van der Waals surface area contributed by atoms with Gasteiger partial charge in [0, 0.05) is 6.04 Å². The van der Waals surface area contributed by atoms with E-state index in [0.717, 1.165) is 18.2 Å². The average Bonchev–Trinajstić information content (AvgIpc) is 2.65. The molecule has 0 aliphatic carbocycles. The molecule has 0 radical (unpaired) electrons. The van der Waals surface area contributed by atoms with Crippen LogP contribution in [0.3, 0.4) is 0 Å². The first-order chi connectivity index (χ1) is 7.24. The van der Waals surface area contributed by atoms with Crippen molar-refractivity contribution in [3.63, 3.8) is 0 Å². The highest BCUT2D eigenvalue weighted by atomic mass is 16.5. The van der Waals surface area contributed by atoms with Crippen molar-refractivity contribution in [2.75, 3.05) is 13.7 Å². The highest BCUT2D eigenvalue weighted by Crippen LogP contribution is 2.33. The van der Waals surface area contributed by atoms with Gasteiger partial charge in [0.25, 0.3) is 0 Å². The van der Waals surface area contributed by atoms with E-state index in [1.165, 1.54) is 17.5 Å². The fourth-order valence-electron chi connectivity index (χ4n) is 2.44. The van der Waals surface area contributed by atoms with E-state index < -0.39 is 0 Å². The highest BCUT2D eigenvalue weighted by molar-refractivity contribution is 5.41. The Bertz CT molecular complexity index is 348. The SMILES string of the molecule is COc1cccc([C@H]2NCC[C@H]2C)c1C. The summed E-state index contributed by atoms with van der Waals surface area (Å²) in [6.45, 7) is 5.58. The lowest BCUT2D eigenvalue weighted by Gasteiger charge is -2.19. The topological polar surface area (TPSA) is 21.3 Å². The normalized spacial score (nSPS) is 25.5. The minimum atomic E-state index is 0.500.